The average molecular weight is 298 g/mol. The van der Waals surface area contributed by atoms with Crippen molar-refractivity contribution >= 4 is 17.8 Å². The molecule has 1 aliphatic rings. The molecule has 3 atom stereocenters. The molecule has 1 saturated heterocycles. The topological polar surface area (TPSA) is 84.5 Å². The highest BCUT2D eigenvalue weighted by molar-refractivity contribution is 5.87. The Balaban J connectivity index is 2.63. The van der Waals surface area contributed by atoms with Crippen LogP contribution in [0.25, 0.3) is 0 Å². The summed E-state index contributed by atoms with van der Waals surface area (Å²) >= 11 is 0. The Morgan fingerprint density at radius 3 is 2.52 bits per heavy atom. The van der Waals surface area contributed by atoms with Gasteiger partial charge in [0.2, 0.25) is 11.8 Å². The van der Waals surface area contributed by atoms with E-state index in [0.717, 1.165) is 6.42 Å². The molecule has 0 aromatic rings. The van der Waals surface area contributed by atoms with Crippen LogP contribution in [0.1, 0.15) is 40.0 Å². The summed E-state index contributed by atoms with van der Waals surface area (Å²) in [5, 5.41) is 5.46. The molecule has 6 nitrogen and oxygen atoms in total. The second-order valence-corrected chi connectivity index (χ2v) is 6.13. The number of nitrogens with one attached hydrogen (secondary N) is 2. The lowest BCUT2D eigenvalue weighted by Crippen LogP contribution is -2.45. The third-order valence-electron chi connectivity index (χ3n) is 3.76. The molecule has 0 radical (unpaired) electrons. The molecule has 2 N–H and O–H groups in total. The highest BCUT2D eigenvalue weighted by Crippen LogP contribution is 2.18. The molecule has 0 aromatic carbocycles. The first kappa shape index (κ1) is 17.5. The minimum absolute atomic E-state index is 0.0617. The van der Waals surface area contributed by atoms with Crippen molar-refractivity contribution in [3.8, 4) is 0 Å². The smallest absolute Gasteiger partial charge is 0.328 e. The Morgan fingerprint density at radius 1 is 1.38 bits per heavy atom. The maximum atomic E-state index is 12.1. The standard InChI is InChI=1S/C15H26N2O4/c1-9(2)7-10(3)13(18)17-12(15(20)21-4)8-11-5-6-16-14(11)19/h9-12H,5-8H2,1-4H3,(H,16,19)(H,17,18)/t10-,11-,12-/m0/s1. The van der Waals surface area contributed by atoms with Crippen LogP contribution in [0.4, 0.5) is 0 Å². The van der Waals surface area contributed by atoms with Crippen LogP contribution in [0.3, 0.4) is 0 Å². The van der Waals surface area contributed by atoms with Crippen LogP contribution in [0.5, 0.6) is 0 Å². The van der Waals surface area contributed by atoms with Gasteiger partial charge < -0.3 is 15.4 Å². The summed E-state index contributed by atoms with van der Waals surface area (Å²) in [4.78, 5) is 35.6. The van der Waals surface area contributed by atoms with Crippen molar-refractivity contribution in [1.29, 1.82) is 0 Å². The van der Waals surface area contributed by atoms with Crippen molar-refractivity contribution in [2.75, 3.05) is 13.7 Å². The van der Waals surface area contributed by atoms with Gasteiger partial charge in [-0.1, -0.05) is 20.8 Å². The third kappa shape index (κ3) is 5.36. The summed E-state index contributed by atoms with van der Waals surface area (Å²) in [7, 11) is 1.29. The number of hydrogen-bond acceptors (Lipinski definition) is 4. The van der Waals surface area contributed by atoms with Crippen LogP contribution < -0.4 is 10.6 Å². The molecule has 6 heteroatoms. The fourth-order valence-electron chi connectivity index (χ4n) is 2.64. The van der Waals surface area contributed by atoms with Crippen molar-refractivity contribution in [2.45, 2.75) is 46.1 Å². The van der Waals surface area contributed by atoms with E-state index in [1.165, 1.54) is 7.11 Å². The molecule has 0 saturated carbocycles. The lowest BCUT2D eigenvalue weighted by molar-refractivity contribution is -0.146. The number of amides is 2. The van der Waals surface area contributed by atoms with Gasteiger partial charge in [-0.2, -0.15) is 0 Å². The molecule has 0 bridgehead atoms. The van der Waals surface area contributed by atoms with E-state index in [1.807, 2.05) is 20.8 Å². The van der Waals surface area contributed by atoms with Crippen molar-refractivity contribution in [3.05, 3.63) is 0 Å². The largest absolute Gasteiger partial charge is 0.467 e. The van der Waals surface area contributed by atoms with Crippen LogP contribution in [-0.2, 0) is 19.1 Å². The molecular weight excluding hydrogens is 272 g/mol. The van der Waals surface area contributed by atoms with Gasteiger partial charge in [-0.25, -0.2) is 4.79 Å². The fraction of sp³-hybridized carbons (Fsp3) is 0.800. The van der Waals surface area contributed by atoms with Gasteiger partial charge in [-0.3, -0.25) is 9.59 Å². The summed E-state index contributed by atoms with van der Waals surface area (Å²) in [6, 6.07) is -0.758. The zero-order chi connectivity index (χ0) is 16.0. The number of esters is 1. The molecule has 1 fully saturated rings. The second-order valence-electron chi connectivity index (χ2n) is 6.13. The first-order valence-electron chi connectivity index (χ1n) is 7.51. The van der Waals surface area contributed by atoms with E-state index in [0.29, 0.717) is 25.3 Å². The van der Waals surface area contributed by atoms with E-state index in [1.54, 1.807) is 0 Å². The normalized spacial score (nSPS) is 20.8. The van der Waals surface area contributed by atoms with Gasteiger partial charge in [0.05, 0.1) is 7.11 Å². The lowest BCUT2D eigenvalue weighted by Gasteiger charge is -2.21. The minimum Gasteiger partial charge on any atom is -0.467 e. The Hall–Kier alpha value is -1.59. The van der Waals surface area contributed by atoms with Gasteiger partial charge in [0, 0.05) is 18.4 Å². The summed E-state index contributed by atoms with van der Waals surface area (Å²) in [5.74, 6) is -0.738. The molecule has 0 spiro atoms. The Bertz CT molecular complexity index is 395. The van der Waals surface area contributed by atoms with E-state index in [4.69, 9.17) is 4.74 Å². The summed E-state index contributed by atoms with van der Waals surface area (Å²) in [6.45, 7) is 6.55. The molecular formula is C15H26N2O4. The van der Waals surface area contributed by atoms with Crippen LogP contribution in [0.15, 0.2) is 0 Å². The van der Waals surface area contributed by atoms with Gasteiger partial charge in [0.1, 0.15) is 6.04 Å². The zero-order valence-corrected chi connectivity index (χ0v) is 13.3. The summed E-state index contributed by atoms with van der Waals surface area (Å²) < 4.78 is 4.73. The van der Waals surface area contributed by atoms with Gasteiger partial charge in [-0.05, 0) is 25.2 Å². The van der Waals surface area contributed by atoms with E-state index in [-0.39, 0.29) is 23.7 Å². The highest BCUT2D eigenvalue weighted by atomic mass is 16.5. The van der Waals surface area contributed by atoms with Crippen LogP contribution in [0.2, 0.25) is 0 Å². The molecule has 0 aromatic heterocycles. The maximum Gasteiger partial charge on any atom is 0.328 e. The monoisotopic (exact) mass is 298 g/mol. The average Bonchev–Trinajstić information content (AvgIpc) is 2.81. The van der Waals surface area contributed by atoms with Crippen molar-refractivity contribution < 1.29 is 19.1 Å². The molecule has 1 heterocycles. The summed E-state index contributed by atoms with van der Waals surface area (Å²) in [6.07, 6.45) is 1.73. The van der Waals surface area contributed by atoms with Crippen LogP contribution in [0, 0.1) is 17.8 Å². The van der Waals surface area contributed by atoms with Crippen LogP contribution in [-0.4, -0.2) is 37.5 Å². The van der Waals surface area contributed by atoms with Gasteiger partial charge >= 0.3 is 5.97 Å². The zero-order valence-electron chi connectivity index (χ0n) is 13.3. The van der Waals surface area contributed by atoms with Crippen molar-refractivity contribution in [1.82, 2.24) is 10.6 Å². The molecule has 1 aliphatic heterocycles. The predicted molar refractivity (Wildman–Crippen MR) is 78.3 cm³/mol. The lowest BCUT2D eigenvalue weighted by atomic mass is 9.95. The molecule has 0 unspecified atom stereocenters. The number of carbonyl (C=O) groups is 3. The molecule has 0 aliphatic carbocycles. The SMILES string of the molecule is COC(=O)[C@H](C[C@@H]1CCNC1=O)NC(=O)[C@@H](C)CC(C)C. The molecule has 21 heavy (non-hydrogen) atoms. The highest BCUT2D eigenvalue weighted by Gasteiger charge is 2.32. The minimum atomic E-state index is -0.758. The Labute approximate surface area is 126 Å². The third-order valence-corrected chi connectivity index (χ3v) is 3.76. The van der Waals surface area contributed by atoms with E-state index < -0.39 is 12.0 Å². The maximum absolute atomic E-state index is 12.1. The number of methoxy groups -OCH3 is 1. The number of rotatable bonds is 7. The number of carbonyl (C=O) groups excluding carboxylic acids is 3. The number of hydrogen-bond donors (Lipinski definition) is 2. The quantitative estimate of drug-likeness (QED) is 0.683. The van der Waals surface area contributed by atoms with Gasteiger partial charge in [0.25, 0.3) is 0 Å². The first-order valence-corrected chi connectivity index (χ1v) is 7.51. The van der Waals surface area contributed by atoms with Gasteiger partial charge in [-0.15, -0.1) is 0 Å². The van der Waals surface area contributed by atoms with Crippen LogP contribution >= 0.6 is 0 Å². The first-order chi connectivity index (χ1) is 9.85. The van der Waals surface area contributed by atoms with E-state index in [9.17, 15) is 14.4 Å². The fourth-order valence-corrected chi connectivity index (χ4v) is 2.64. The Morgan fingerprint density at radius 2 is 2.05 bits per heavy atom. The summed E-state index contributed by atoms with van der Waals surface area (Å²) in [5.41, 5.74) is 0. The van der Waals surface area contributed by atoms with E-state index >= 15 is 0 Å². The Kier molecular flexibility index (Phi) is 6.65. The number of ether oxygens (including phenoxy) is 1. The second kappa shape index (κ2) is 8.00. The molecule has 1 rings (SSSR count). The molecule has 2 amide bonds. The predicted octanol–water partition coefficient (Wildman–Crippen LogP) is 0.853. The van der Waals surface area contributed by atoms with Gasteiger partial charge in [0.15, 0.2) is 0 Å². The molecule has 120 valence electrons. The van der Waals surface area contributed by atoms with Crippen molar-refractivity contribution in [3.63, 3.8) is 0 Å². The van der Waals surface area contributed by atoms with E-state index in [2.05, 4.69) is 10.6 Å². The van der Waals surface area contributed by atoms with Crippen molar-refractivity contribution in [2.24, 2.45) is 17.8 Å².